The van der Waals surface area contributed by atoms with Gasteiger partial charge >= 0.3 is 0 Å². The van der Waals surface area contributed by atoms with Gasteiger partial charge in [0.1, 0.15) is 6.33 Å². The number of rotatable bonds is 11. The Balaban J connectivity index is 1.45. The predicted molar refractivity (Wildman–Crippen MR) is 138 cm³/mol. The van der Waals surface area contributed by atoms with Gasteiger partial charge in [-0.05, 0) is 11.1 Å². The molecule has 4 aromatic rings. The maximum atomic E-state index is 11.3. The van der Waals surface area contributed by atoms with Crippen LogP contribution in [-0.2, 0) is 16.6 Å². The van der Waals surface area contributed by atoms with Gasteiger partial charge in [0.25, 0.3) is 0 Å². The van der Waals surface area contributed by atoms with Crippen LogP contribution in [0.1, 0.15) is 5.56 Å². The lowest BCUT2D eigenvalue weighted by Gasteiger charge is -2.14. The van der Waals surface area contributed by atoms with E-state index in [-0.39, 0.29) is 12.5 Å². The summed E-state index contributed by atoms with van der Waals surface area (Å²) in [6, 6.07) is 12.7. The Bertz CT molecular complexity index is 1450. The molecule has 4 N–H and O–H groups in total. The molecule has 0 spiro atoms. The van der Waals surface area contributed by atoms with Crippen molar-refractivity contribution in [2.45, 2.75) is 6.54 Å². The average molecular weight is 527 g/mol. The highest BCUT2D eigenvalue weighted by molar-refractivity contribution is 7.88. The molecule has 0 unspecified atom stereocenters. The van der Waals surface area contributed by atoms with E-state index in [2.05, 4.69) is 40.5 Å². The summed E-state index contributed by atoms with van der Waals surface area (Å²) in [4.78, 5) is 12.7. The standard InChI is InChI=1S/C23H26N8O5S/c1-34-18-9-16(10-19(35-2)21(18)36-3)27-22-24-13-25-23(29-22)28-20-11-17(30-31-20)15-7-5-14(6-8-15)12-26-37(4,32)33/h5-11,13,26H,12H2,1-4H3,(H3,24,25,27,28,29,30,31). The average Bonchev–Trinajstić information content (AvgIpc) is 3.35. The molecule has 0 fully saturated rings. The quantitative estimate of drug-likeness (QED) is 0.227. The van der Waals surface area contributed by atoms with Crippen LogP contribution in [0.5, 0.6) is 17.2 Å². The molecule has 0 saturated carbocycles. The Hall–Kier alpha value is -4.43. The van der Waals surface area contributed by atoms with Crippen LogP contribution < -0.4 is 29.6 Å². The van der Waals surface area contributed by atoms with Crippen LogP contribution in [0, 0.1) is 0 Å². The number of benzene rings is 2. The molecule has 0 bridgehead atoms. The molecule has 0 saturated heterocycles. The van der Waals surface area contributed by atoms with Crippen molar-refractivity contribution in [2.24, 2.45) is 0 Å². The largest absolute Gasteiger partial charge is 0.493 e. The molecule has 2 aromatic heterocycles. The molecule has 2 heterocycles. The number of hydrogen-bond acceptors (Lipinski definition) is 11. The summed E-state index contributed by atoms with van der Waals surface area (Å²) in [6.45, 7) is 0.223. The van der Waals surface area contributed by atoms with Crippen molar-refractivity contribution >= 4 is 33.4 Å². The van der Waals surface area contributed by atoms with E-state index in [9.17, 15) is 8.42 Å². The van der Waals surface area contributed by atoms with E-state index in [1.165, 1.54) is 27.7 Å². The minimum atomic E-state index is -3.25. The second-order valence-electron chi connectivity index (χ2n) is 7.75. The number of sulfonamides is 1. The van der Waals surface area contributed by atoms with Crippen LogP contribution >= 0.6 is 0 Å². The molecular weight excluding hydrogens is 500 g/mol. The molecule has 0 aliphatic carbocycles. The molecule has 2 aromatic carbocycles. The fourth-order valence-corrected chi connectivity index (χ4v) is 3.79. The maximum absolute atomic E-state index is 11.3. The fourth-order valence-electron chi connectivity index (χ4n) is 3.36. The zero-order valence-electron chi connectivity index (χ0n) is 20.6. The number of anilines is 4. The third-order valence-corrected chi connectivity index (χ3v) is 5.78. The number of nitrogens with zero attached hydrogens (tertiary/aromatic N) is 4. The number of hydrogen-bond donors (Lipinski definition) is 4. The first-order chi connectivity index (χ1) is 17.8. The summed E-state index contributed by atoms with van der Waals surface area (Å²) >= 11 is 0. The van der Waals surface area contributed by atoms with Gasteiger partial charge in [-0.15, -0.1) is 0 Å². The van der Waals surface area contributed by atoms with Gasteiger partial charge in [-0.1, -0.05) is 24.3 Å². The van der Waals surface area contributed by atoms with Crippen LogP contribution in [-0.4, -0.2) is 61.2 Å². The van der Waals surface area contributed by atoms with Crippen LogP contribution in [0.15, 0.2) is 48.8 Å². The Labute approximate surface area is 213 Å². The van der Waals surface area contributed by atoms with E-state index in [0.717, 1.165) is 23.1 Å². The third-order valence-electron chi connectivity index (χ3n) is 5.11. The van der Waals surface area contributed by atoms with Crippen LogP contribution in [0.4, 0.5) is 23.4 Å². The van der Waals surface area contributed by atoms with Crippen molar-refractivity contribution in [3.8, 4) is 28.5 Å². The van der Waals surface area contributed by atoms with E-state index in [0.29, 0.717) is 34.7 Å². The molecule has 0 aliphatic rings. The second-order valence-corrected chi connectivity index (χ2v) is 9.59. The summed E-state index contributed by atoms with van der Waals surface area (Å²) < 4.78 is 41.1. The number of nitrogens with one attached hydrogen (secondary N) is 4. The SMILES string of the molecule is COc1cc(Nc2ncnc(Nc3cc(-c4ccc(CNS(C)(=O)=O)cc4)[nH]n3)n2)cc(OC)c1OC. The minimum Gasteiger partial charge on any atom is -0.493 e. The maximum Gasteiger partial charge on any atom is 0.233 e. The zero-order valence-corrected chi connectivity index (χ0v) is 21.4. The summed E-state index contributed by atoms with van der Waals surface area (Å²) in [6.07, 6.45) is 2.49. The third kappa shape index (κ3) is 6.62. The smallest absolute Gasteiger partial charge is 0.233 e. The minimum absolute atomic E-state index is 0.223. The first kappa shape index (κ1) is 25.7. The second kappa shape index (κ2) is 11.1. The summed E-state index contributed by atoms with van der Waals surface area (Å²) in [5.41, 5.74) is 3.10. The lowest BCUT2D eigenvalue weighted by atomic mass is 10.1. The topological polar surface area (TPSA) is 165 Å². The number of methoxy groups -OCH3 is 3. The molecular formula is C23H26N8O5S. The molecule has 194 valence electrons. The fraction of sp³-hybridized carbons (Fsp3) is 0.217. The molecule has 37 heavy (non-hydrogen) atoms. The van der Waals surface area contributed by atoms with E-state index in [1.54, 1.807) is 18.2 Å². The van der Waals surface area contributed by atoms with E-state index >= 15 is 0 Å². The highest BCUT2D eigenvalue weighted by Crippen LogP contribution is 2.40. The molecule has 0 amide bonds. The lowest BCUT2D eigenvalue weighted by Crippen LogP contribution is -2.21. The highest BCUT2D eigenvalue weighted by atomic mass is 32.2. The van der Waals surface area contributed by atoms with Crippen molar-refractivity contribution in [1.29, 1.82) is 0 Å². The van der Waals surface area contributed by atoms with Crippen molar-refractivity contribution in [3.05, 3.63) is 54.4 Å². The summed E-state index contributed by atoms with van der Waals surface area (Å²) in [5.74, 6) is 2.53. The van der Waals surface area contributed by atoms with Crippen molar-refractivity contribution in [3.63, 3.8) is 0 Å². The number of H-pyrrole nitrogens is 1. The van der Waals surface area contributed by atoms with Crippen molar-refractivity contribution in [2.75, 3.05) is 38.2 Å². The number of aromatic nitrogens is 5. The predicted octanol–water partition coefficient (Wildman–Crippen LogP) is 2.82. The Morgan fingerprint density at radius 2 is 1.54 bits per heavy atom. The van der Waals surface area contributed by atoms with Gasteiger partial charge in [-0.3, -0.25) is 5.10 Å². The van der Waals surface area contributed by atoms with Gasteiger partial charge in [0.15, 0.2) is 17.3 Å². The molecule has 0 atom stereocenters. The van der Waals surface area contributed by atoms with Gasteiger partial charge < -0.3 is 24.8 Å². The van der Waals surface area contributed by atoms with E-state index < -0.39 is 10.0 Å². The first-order valence-electron chi connectivity index (χ1n) is 10.9. The van der Waals surface area contributed by atoms with Gasteiger partial charge in [0.05, 0.1) is 33.3 Å². The molecule has 0 radical (unpaired) electrons. The van der Waals surface area contributed by atoms with Gasteiger partial charge in [-0.25, -0.2) is 23.1 Å². The van der Waals surface area contributed by atoms with Crippen LogP contribution in [0.3, 0.4) is 0 Å². The van der Waals surface area contributed by atoms with Gasteiger partial charge in [-0.2, -0.15) is 10.1 Å². The van der Waals surface area contributed by atoms with E-state index in [4.69, 9.17) is 14.2 Å². The number of ether oxygens (including phenoxy) is 3. The molecule has 4 rings (SSSR count). The van der Waals surface area contributed by atoms with Gasteiger partial charge in [0, 0.05) is 30.4 Å². The Morgan fingerprint density at radius 3 is 2.14 bits per heavy atom. The zero-order chi connectivity index (χ0) is 26.4. The lowest BCUT2D eigenvalue weighted by molar-refractivity contribution is 0.324. The molecule has 13 nitrogen and oxygen atoms in total. The van der Waals surface area contributed by atoms with Crippen LogP contribution in [0.25, 0.3) is 11.3 Å². The van der Waals surface area contributed by atoms with Gasteiger partial charge in [0.2, 0.25) is 27.7 Å². The summed E-state index contributed by atoms with van der Waals surface area (Å²) in [5, 5.41) is 13.4. The van der Waals surface area contributed by atoms with E-state index in [1.807, 2.05) is 24.3 Å². The molecule has 0 aliphatic heterocycles. The van der Waals surface area contributed by atoms with Crippen molar-refractivity contribution < 1.29 is 22.6 Å². The van der Waals surface area contributed by atoms with Crippen LogP contribution in [0.2, 0.25) is 0 Å². The Morgan fingerprint density at radius 1 is 0.892 bits per heavy atom. The monoisotopic (exact) mass is 526 g/mol. The molecule has 14 heteroatoms. The van der Waals surface area contributed by atoms with Crippen molar-refractivity contribution in [1.82, 2.24) is 29.9 Å². The first-order valence-corrected chi connectivity index (χ1v) is 12.8. The normalized spacial score (nSPS) is 11.1. The highest BCUT2D eigenvalue weighted by Gasteiger charge is 2.14. The number of aromatic amines is 1. The Kier molecular flexibility index (Phi) is 7.69. The summed E-state index contributed by atoms with van der Waals surface area (Å²) in [7, 11) is 1.35.